The third kappa shape index (κ3) is 4.04. The Labute approximate surface area is 116 Å². The number of rotatable bonds is 7. The first-order valence-electron chi connectivity index (χ1n) is 6.49. The highest BCUT2D eigenvalue weighted by Crippen LogP contribution is 2.29. The molecular formula is C14H19BrFNO. The molecule has 100 valence electrons. The van der Waals surface area contributed by atoms with Gasteiger partial charge in [-0.15, -0.1) is 0 Å². The first kappa shape index (κ1) is 14.0. The summed E-state index contributed by atoms with van der Waals surface area (Å²) in [6.07, 6.45) is 4.41. The Kier molecular flexibility index (Phi) is 5.15. The molecule has 0 atom stereocenters. The number of benzene rings is 1. The molecule has 1 aromatic rings. The largest absolute Gasteiger partial charge is 0.396 e. The Morgan fingerprint density at radius 2 is 2.11 bits per heavy atom. The zero-order valence-corrected chi connectivity index (χ0v) is 12.0. The van der Waals surface area contributed by atoms with E-state index >= 15 is 0 Å². The minimum absolute atomic E-state index is 0.211. The SMILES string of the molecule is OCCCCN(Cc1ccc(F)c(Br)c1)C1CC1. The van der Waals surface area contributed by atoms with E-state index in [9.17, 15) is 4.39 Å². The van der Waals surface area contributed by atoms with Crippen LogP contribution in [0.5, 0.6) is 0 Å². The van der Waals surface area contributed by atoms with Gasteiger partial charge in [-0.25, -0.2) is 4.39 Å². The maximum Gasteiger partial charge on any atom is 0.137 e. The van der Waals surface area contributed by atoms with Gasteiger partial charge in [0.15, 0.2) is 0 Å². The van der Waals surface area contributed by atoms with E-state index in [0.717, 1.165) is 31.5 Å². The van der Waals surface area contributed by atoms with Crippen molar-refractivity contribution >= 4 is 15.9 Å². The van der Waals surface area contributed by atoms with E-state index in [-0.39, 0.29) is 12.4 Å². The Hall–Kier alpha value is -0.450. The molecule has 1 aliphatic carbocycles. The molecule has 0 radical (unpaired) electrons. The van der Waals surface area contributed by atoms with Crippen molar-refractivity contribution < 1.29 is 9.50 Å². The Morgan fingerprint density at radius 1 is 1.33 bits per heavy atom. The first-order chi connectivity index (χ1) is 8.70. The third-order valence-corrected chi connectivity index (χ3v) is 3.89. The zero-order valence-electron chi connectivity index (χ0n) is 10.4. The van der Waals surface area contributed by atoms with Gasteiger partial charge in [0.05, 0.1) is 4.47 Å². The van der Waals surface area contributed by atoms with E-state index in [1.54, 1.807) is 0 Å². The number of unbranched alkanes of at least 4 members (excludes halogenated alkanes) is 1. The second-order valence-electron chi connectivity index (χ2n) is 4.88. The van der Waals surface area contributed by atoms with Crippen LogP contribution in [0, 0.1) is 5.82 Å². The normalized spacial score (nSPS) is 15.3. The van der Waals surface area contributed by atoms with E-state index in [4.69, 9.17) is 5.11 Å². The quantitative estimate of drug-likeness (QED) is 0.780. The summed E-state index contributed by atoms with van der Waals surface area (Å²) >= 11 is 3.23. The fourth-order valence-electron chi connectivity index (χ4n) is 2.13. The molecule has 0 aromatic heterocycles. The van der Waals surface area contributed by atoms with Crippen molar-refractivity contribution in [1.29, 1.82) is 0 Å². The molecule has 4 heteroatoms. The molecule has 0 spiro atoms. The summed E-state index contributed by atoms with van der Waals surface area (Å²) in [7, 11) is 0. The lowest BCUT2D eigenvalue weighted by Gasteiger charge is -2.22. The van der Waals surface area contributed by atoms with Crippen molar-refractivity contribution in [2.45, 2.75) is 38.3 Å². The molecule has 2 nitrogen and oxygen atoms in total. The second kappa shape index (κ2) is 6.64. The second-order valence-corrected chi connectivity index (χ2v) is 5.74. The first-order valence-corrected chi connectivity index (χ1v) is 7.29. The summed E-state index contributed by atoms with van der Waals surface area (Å²) in [5.74, 6) is -0.211. The van der Waals surface area contributed by atoms with E-state index < -0.39 is 0 Å². The maximum absolute atomic E-state index is 13.2. The van der Waals surface area contributed by atoms with Crippen LogP contribution in [0.2, 0.25) is 0 Å². The standard InChI is InChI=1S/C14H19BrFNO/c15-13-9-11(3-6-14(13)16)10-17(12-4-5-12)7-1-2-8-18/h3,6,9,12,18H,1-2,4-5,7-8,10H2. The molecular weight excluding hydrogens is 297 g/mol. The molecule has 0 unspecified atom stereocenters. The predicted octanol–water partition coefficient (Wildman–Crippen LogP) is 3.33. The van der Waals surface area contributed by atoms with Gasteiger partial charge in [-0.05, 0) is 65.9 Å². The van der Waals surface area contributed by atoms with E-state index in [1.807, 2.05) is 12.1 Å². The summed E-state index contributed by atoms with van der Waals surface area (Å²) in [6, 6.07) is 5.91. The van der Waals surface area contributed by atoms with Crippen LogP contribution in [0.15, 0.2) is 22.7 Å². The molecule has 2 rings (SSSR count). The van der Waals surface area contributed by atoms with Gasteiger partial charge in [-0.1, -0.05) is 6.07 Å². The summed E-state index contributed by atoms with van der Waals surface area (Å²) < 4.78 is 13.7. The molecule has 0 amide bonds. The number of aliphatic hydroxyl groups excluding tert-OH is 1. The van der Waals surface area contributed by atoms with Gasteiger partial charge >= 0.3 is 0 Å². The van der Waals surface area contributed by atoms with Crippen LogP contribution in [0.25, 0.3) is 0 Å². The maximum atomic E-state index is 13.2. The van der Waals surface area contributed by atoms with E-state index in [1.165, 1.54) is 18.9 Å². The van der Waals surface area contributed by atoms with Crippen LogP contribution >= 0.6 is 15.9 Å². The van der Waals surface area contributed by atoms with Gasteiger partial charge in [0.1, 0.15) is 5.82 Å². The van der Waals surface area contributed by atoms with Crippen LogP contribution in [-0.2, 0) is 6.54 Å². The minimum Gasteiger partial charge on any atom is -0.396 e. The molecule has 1 aliphatic rings. The van der Waals surface area contributed by atoms with Crippen LogP contribution in [0.3, 0.4) is 0 Å². The van der Waals surface area contributed by atoms with Gasteiger partial charge in [0.2, 0.25) is 0 Å². The molecule has 18 heavy (non-hydrogen) atoms. The van der Waals surface area contributed by atoms with Crippen LogP contribution in [-0.4, -0.2) is 29.2 Å². The number of nitrogens with zero attached hydrogens (tertiary/aromatic N) is 1. The number of hydrogen-bond acceptors (Lipinski definition) is 2. The van der Waals surface area contributed by atoms with Gasteiger partial charge in [0.25, 0.3) is 0 Å². The highest BCUT2D eigenvalue weighted by atomic mass is 79.9. The van der Waals surface area contributed by atoms with Crippen molar-refractivity contribution in [2.75, 3.05) is 13.2 Å². The highest BCUT2D eigenvalue weighted by molar-refractivity contribution is 9.10. The molecule has 1 aromatic carbocycles. The van der Waals surface area contributed by atoms with Crippen molar-refractivity contribution in [1.82, 2.24) is 4.90 Å². The van der Waals surface area contributed by atoms with Gasteiger partial charge in [-0.2, -0.15) is 0 Å². The topological polar surface area (TPSA) is 23.5 Å². The molecule has 0 heterocycles. The predicted molar refractivity (Wildman–Crippen MR) is 73.9 cm³/mol. The van der Waals surface area contributed by atoms with Crippen molar-refractivity contribution in [3.8, 4) is 0 Å². The summed E-state index contributed by atoms with van der Waals surface area (Å²) in [6.45, 7) is 2.15. The Bertz CT molecular complexity index is 395. The average molecular weight is 316 g/mol. The van der Waals surface area contributed by atoms with Crippen LogP contribution in [0.4, 0.5) is 4.39 Å². The molecule has 0 saturated heterocycles. The smallest absolute Gasteiger partial charge is 0.137 e. The van der Waals surface area contributed by atoms with E-state index in [2.05, 4.69) is 20.8 Å². The number of aliphatic hydroxyl groups is 1. The lowest BCUT2D eigenvalue weighted by atomic mass is 10.2. The van der Waals surface area contributed by atoms with Crippen molar-refractivity contribution in [3.05, 3.63) is 34.1 Å². The lowest BCUT2D eigenvalue weighted by Crippen LogP contribution is -2.26. The number of halogens is 2. The summed E-state index contributed by atoms with van der Waals surface area (Å²) in [4.78, 5) is 2.44. The minimum atomic E-state index is -0.211. The van der Waals surface area contributed by atoms with Gasteiger partial charge in [0, 0.05) is 19.2 Å². The highest BCUT2D eigenvalue weighted by Gasteiger charge is 2.28. The summed E-state index contributed by atoms with van der Waals surface area (Å²) in [5.41, 5.74) is 1.14. The van der Waals surface area contributed by atoms with Gasteiger partial charge < -0.3 is 5.11 Å². The van der Waals surface area contributed by atoms with Crippen LogP contribution < -0.4 is 0 Å². The summed E-state index contributed by atoms with van der Waals surface area (Å²) in [5, 5.41) is 8.82. The van der Waals surface area contributed by atoms with Crippen LogP contribution in [0.1, 0.15) is 31.2 Å². The van der Waals surface area contributed by atoms with E-state index in [0.29, 0.717) is 10.5 Å². The average Bonchev–Trinajstić information content (AvgIpc) is 3.17. The Morgan fingerprint density at radius 3 is 2.72 bits per heavy atom. The zero-order chi connectivity index (χ0) is 13.0. The number of hydrogen-bond donors (Lipinski definition) is 1. The molecule has 1 saturated carbocycles. The monoisotopic (exact) mass is 315 g/mol. The molecule has 0 bridgehead atoms. The molecule has 0 aliphatic heterocycles. The molecule has 1 N–H and O–H groups in total. The fraction of sp³-hybridized carbons (Fsp3) is 0.571. The lowest BCUT2D eigenvalue weighted by molar-refractivity contribution is 0.228. The fourth-order valence-corrected chi connectivity index (χ4v) is 2.56. The van der Waals surface area contributed by atoms with Gasteiger partial charge in [-0.3, -0.25) is 4.90 Å². The van der Waals surface area contributed by atoms with Crippen molar-refractivity contribution in [2.24, 2.45) is 0 Å². The molecule has 1 fully saturated rings. The van der Waals surface area contributed by atoms with Crippen molar-refractivity contribution in [3.63, 3.8) is 0 Å². The Balaban J connectivity index is 1.92. The third-order valence-electron chi connectivity index (χ3n) is 3.29.